The van der Waals surface area contributed by atoms with Gasteiger partial charge in [0.15, 0.2) is 0 Å². The Labute approximate surface area is 165 Å². The van der Waals surface area contributed by atoms with E-state index in [-0.39, 0.29) is 11.3 Å². The van der Waals surface area contributed by atoms with Crippen LogP contribution < -0.4 is 0 Å². The Hall–Kier alpha value is -1.31. The van der Waals surface area contributed by atoms with E-state index >= 15 is 0 Å². The second-order valence-electron chi connectivity index (χ2n) is 9.35. The van der Waals surface area contributed by atoms with Gasteiger partial charge in [0.05, 0.1) is 5.92 Å². The van der Waals surface area contributed by atoms with Crippen molar-refractivity contribution in [2.24, 2.45) is 17.8 Å². The molecule has 0 unspecified atom stereocenters. The zero-order chi connectivity index (χ0) is 19.3. The van der Waals surface area contributed by atoms with E-state index in [9.17, 15) is 9.90 Å². The molecule has 0 bridgehead atoms. The molecule has 0 amide bonds. The van der Waals surface area contributed by atoms with E-state index in [1.54, 1.807) is 0 Å². The number of carboxylic acid groups (broad SMARTS) is 1. The largest absolute Gasteiger partial charge is 0.481 e. The SMILES string of the molecule is CCCCCC1CCC(C2(c3ccc(C)cc3)CCC(C(=O)O)CC2)CC1. The molecule has 1 aromatic rings. The standard InChI is InChI=1S/C25H38O2/c1-3-4-5-6-20-9-13-23(14-10-20)25(22-11-7-19(2)8-12-22)17-15-21(16-18-25)24(26)27/h7-8,11-12,20-21,23H,3-6,9-10,13-18H2,1-2H3,(H,26,27). The van der Waals surface area contributed by atoms with Crippen molar-refractivity contribution in [3.8, 4) is 0 Å². The molecular formula is C25H38O2. The van der Waals surface area contributed by atoms with Crippen LogP contribution in [-0.2, 0) is 10.2 Å². The summed E-state index contributed by atoms with van der Waals surface area (Å²) in [4.78, 5) is 11.5. The molecule has 0 saturated heterocycles. The van der Waals surface area contributed by atoms with Gasteiger partial charge in [-0.3, -0.25) is 4.79 Å². The fourth-order valence-electron chi connectivity index (χ4n) is 5.88. The molecular weight excluding hydrogens is 332 g/mol. The van der Waals surface area contributed by atoms with Gasteiger partial charge in [0.2, 0.25) is 0 Å². The van der Waals surface area contributed by atoms with Crippen LogP contribution in [0.5, 0.6) is 0 Å². The van der Waals surface area contributed by atoms with Crippen molar-refractivity contribution in [1.82, 2.24) is 0 Å². The van der Waals surface area contributed by atoms with Gasteiger partial charge in [0, 0.05) is 0 Å². The summed E-state index contributed by atoms with van der Waals surface area (Å²) in [7, 11) is 0. The average Bonchev–Trinajstić information content (AvgIpc) is 2.69. The lowest BCUT2D eigenvalue weighted by atomic mass is 9.56. The first-order valence-corrected chi connectivity index (χ1v) is 11.3. The van der Waals surface area contributed by atoms with E-state index in [1.165, 1.54) is 62.5 Å². The molecule has 1 N–H and O–H groups in total. The van der Waals surface area contributed by atoms with Crippen molar-refractivity contribution in [1.29, 1.82) is 0 Å². The number of hydrogen-bond donors (Lipinski definition) is 1. The van der Waals surface area contributed by atoms with Crippen LogP contribution in [0.3, 0.4) is 0 Å². The van der Waals surface area contributed by atoms with Gasteiger partial charge in [-0.25, -0.2) is 0 Å². The highest BCUT2D eigenvalue weighted by Crippen LogP contribution is 2.52. The summed E-state index contributed by atoms with van der Waals surface area (Å²) in [5, 5.41) is 9.46. The Morgan fingerprint density at radius 1 is 1.00 bits per heavy atom. The minimum Gasteiger partial charge on any atom is -0.481 e. The maximum absolute atomic E-state index is 11.5. The van der Waals surface area contributed by atoms with Gasteiger partial charge in [0.25, 0.3) is 0 Å². The molecule has 0 heterocycles. The van der Waals surface area contributed by atoms with Crippen LogP contribution in [0, 0.1) is 24.7 Å². The number of hydrogen-bond acceptors (Lipinski definition) is 1. The molecule has 150 valence electrons. The fourth-order valence-corrected chi connectivity index (χ4v) is 5.88. The maximum Gasteiger partial charge on any atom is 0.306 e. The molecule has 2 nitrogen and oxygen atoms in total. The number of aliphatic carboxylic acids is 1. The summed E-state index contributed by atoms with van der Waals surface area (Å²) < 4.78 is 0. The van der Waals surface area contributed by atoms with Crippen LogP contribution in [-0.4, -0.2) is 11.1 Å². The molecule has 0 spiro atoms. The fraction of sp³-hybridized carbons (Fsp3) is 0.720. The third-order valence-electron chi connectivity index (χ3n) is 7.70. The molecule has 2 aliphatic carbocycles. The highest BCUT2D eigenvalue weighted by Gasteiger charge is 2.45. The summed E-state index contributed by atoms with van der Waals surface area (Å²) in [6, 6.07) is 9.17. The Morgan fingerprint density at radius 3 is 2.19 bits per heavy atom. The van der Waals surface area contributed by atoms with Gasteiger partial charge >= 0.3 is 5.97 Å². The van der Waals surface area contributed by atoms with Gasteiger partial charge in [-0.1, -0.05) is 75.3 Å². The molecule has 0 radical (unpaired) electrons. The first-order valence-electron chi connectivity index (χ1n) is 11.3. The molecule has 2 heteroatoms. The van der Waals surface area contributed by atoms with Crippen LogP contribution in [0.4, 0.5) is 0 Å². The predicted molar refractivity (Wildman–Crippen MR) is 112 cm³/mol. The number of unbranched alkanes of at least 4 members (excludes halogenated alkanes) is 2. The molecule has 27 heavy (non-hydrogen) atoms. The predicted octanol–water partition coefficient (Wildman–Crippen LogP) is 6.89. The summed E-state index contributed by atoms with van der Waals surface area (Å²) in [5.41, 5.74) is 3.01. The lowest BCUT2D eigenvalue weighted by molar-refractivity contribution is -0.143. The number of carbonyl (C=O) groups is 1. The van der Waals surface area contributed by atoms with Crippen molar-refractivity contribution >= 4 is 5.97 Å². The normalized spacial score (nSPS) is 31.6. The van der Waals surface area contributed by atoms with Crippen molar-refractivity contribution in [3.63, 3.8) is 0 Å². The summed E-state index contributed by atoms with van der Waals surface area (Å²) in [5.74, 6) is 0.941. The number of benzene rings is 1. The molecule has 0 atom stereocenters. The average molecular weight is 371 g/mol. The topological polar surface area (TPSA) is 37.3 Å². The van der Waals surface area contributed by atoms with Gasteiger partial charge in [0.1, 0.15) is 0 Å². The Morgan fingerprint density at radius 2 is 1.63 bits per heavy atom. The molecule has 2 fully saturated rings. The van der Waals surface area contributed by atoms with Gasteiger partial charge < -0.3 is 5.11 Å². The summed E-state index contributed by atoms with van der Waals surface area (Å²) in [6.45, 7) is 4.44. The zero-order valence-corrected chi connectivity index (χ0v) is 17.4. The minimum absolute atomic E-state index is 0.131. The molecule has 1 aromatic carbocycles. The third kappa shape index (κ3) is 4.76. The molecule has 2 saturated carbocycles. The van der Waals surface area contributed by atoms with Gasteiger partial charge in [-0.05, 0) is 68.3 Å². The van der Waals surface area contributed by atoms with Crippen molar-refractivity contribution in [2.45, 2.75) is 96.3 Å². The smallest absolute Gasteiger partial charge is 0.306 e. The highest BCUT2D eigenvalue weighted by molar-refractivity contribution is 5.70. The molecule has 0 aromatic heterocycles. The van der Waals surface area contributed by atoms with Crippen molar-refractivity contribution in [3.05, 3.63) is 35.4 Å². The molecule has 0 aliphatic heterocycles. The van der Waals surface area contributed by atoms with Crippen molar-refractivity contribution < 1.29 is 9.90 Å². The molecule has 2 aliphatic rings. The number of rotatable bonds is 7. The van der Waals surface area contributed by atoms with E-state index in [2.05, 4.69) is 38.1 Å². The van der Waals surface area contributed by atoms with Crippen LogP contribution in [0.2, 0.25) is 0 Å². The van der Waals surface area contributed by atoms with Gasteiger partial charge in [-0.15, -0.1) is 0 Å². The van der Waals surface area contributed by atoms with Gasteiger partial charge in [-0.2, -0.15) is 0 Å². The van der Waals surface area contributed by atoms with Crippen molar-refractivity contribution in [2.75, 3.05) is 0 Å². The highest BCUT2D eigenvalue weighted by atomic mass is 16.4. The first kappa shape index (κ1) is 20.4. The Bertz CT molecular complexity index is 587. The number of carboxylic acids is 1. The van der Waals surface area contributed by atoms with E-state index in [0.717, 1.165) is 37.5 Å². The lowest BCUT2D eigenvalue weighted by Gasteiger charge is -2.48. The number of aryl methyl sites for hydroxylation is 1. The summed E-state index contributed by atoms with van der Waals surface area (Å²) >= 11 is 0. The van der Waals surface area contributed by atoms with E-state index < -0.39 is 5.97 Å². The second-order valence-corrected chi connectivity index (χ2v) is 9.35. The van der Waals surface area contributed by atoms with Crippen LogP contribution >= 0.6 is 0 Å². The summed E-state index contributed by atoms with van der Waals surface area (Å²) in [6.07, 6.45) is 14.7. The maximum atomic E-state index is 11.5. The van der Waals surface area contributed by atoms with Crippen LogP contribution in [0.15, 0.2) is 24.3 Å². The molecule has 3 rings (SSSR count). The Kier molecular flexibility index (Phi) is 7.00. The van der Waals surface area contributed by atoms with E-state index in [0.29, 0.717) is 0 Å². The zero-order valence-electron chi connectivity index (χ0n) is 17.4. The minimum atomic E-state index is -0.591. The lowest BCUT2D eigenvalue weighted by Crippen LogP contribution is -2.42. The van der Waals surface area contributed by atoms with Crippen LogP contribution in [0.25, 0.3) is 0 Å². The third-order valence-corrected chi connectivity index (χ3v) is 7.70. The second kappa shape index (κ2) is 9.26. The van der Waals surface area contributed by atoms with Crippen LogP contribution in [0.1, 0.15) is 95.1 Å². The Balaban J connectivity index is 1.72. The quantitative estimate of drug-likeness (QED) is 0.530. The first-order chi connectivity index (χ1) is 13.0. The van der Waals surface area contributed by atoms with E-state index in [1.807, 2.05) is 0 Å². The monoisotopic (exact) mass is 370 g/mol. The van der Waals surface area contributed by atoms with E-state index in [4.69, 9.17) is 0 Å².